The van der Waals surface area contributed by atoms with E-state index in [0.717, 1.165) is 0 Å². The monoisotopic (exact) mass is 321 g/mol. The van der Waals surface area contributed by atoms with Gasteiger partial charge in [-0.05, 0) is 4.92 Å². The van der Waals surface area contributed by atoms with E-state index in [9.17, 15) is 23.3 Å². The number of H-pyrrole nitrogens is 1. The van der Waals surface area contributed by atoms with E-state index in [4.69, 9.17) is 0 Å². The molecule has 0 aromatic carbocycles. The van der Waals surface area contributed by atoms with Gasteiger partial charge in [0.25, 0.3) is 0 Å². The Morgan fingerprint density at radius 1 is 1.57 bits per heavy atom. The minimum Gasteiger partial charge on any atom is -0.358 e. The maximum absolute atomic E-state index is 12.1. The number of aromatic amines is 1. The zero-order chi connectivity index (χ0) is 10.9. The van der Waals surface area contributed by atoms with Gasteiger partial charge in [-0.2, -0.15) is 13.2 Å². The van der Waals surface area contributed by atoms with Crippen LogP contribution in [-0.4, -0.2) is 14.9 Å². The van der Waals surface area contributed by atoms with Crippen molar-refractivity contribution in [1.29, 1.82) is 0 Å². The number of imidazole rings is 1. The molecular weight excluding hydrogens is 318 g/mol. The van der Waals surface area contributed by atoms with Crippen molar-refractivity contribution in [3.05, 3.63) is 21.6 Å². The molecule has 0 unspecified atom stereocenters. The Hall–Kier alpha value is -0.870. The lowest BCUT2D eigenvalue weighted by Crippen LogP contribution is -2.07. The molecule has 1 heterocycles. The summed E-state index contributed by atoms with van der Waals surface area (Å²) < 4.78 is 36.2. The molecule has 0 bridgehead atoms. The van der Waals surface area contributed by atoms with Crippen molar-refractivity contribution in [2.75, 3.05) is 0 Å². The van der Waals surface area contributed by atoms with Gasteiger partial charge in [0, 0.05) is 0 Å². The van der Waals surface area contributed by atoms with Gasteiger partial charge in [-0.15, -0.1) is 0 Å². The molecule has 0 atom stereocenters. The summed E-state index contributed by atoms with van der Waals surface area (Å²) in [6.45, 7) is 0. The van der Waals surface area contributed by atoms with Gasteiger partial charge in [0.15, 0.2) is 0 Å². The topological polar surface area (TPSA) is 71.8 Å². The first kappa shape index (κ1) is 11.2. The van der Waals surface area contributed by atoms with Crippen LogP contribution in [0.15, 0.2) is 0 Å². The van der Waals surface area contributed by atoms with Gasteiger partial charge in [0.05, 0.1) is 4.43 Å². The van der Waals surface area contributed by atoms with E-state index in [0.29, 0.717) is 0 Å². The van der Waals surface area contributed by atoms with Crippen LogP contribution in [0.4, 0.5) is 19.0 Å². The zero-order valence-electron chi connectivity index (χ0n) is 6.43. The van der Waals surface area contributed by atoms with Crippen molar-refractivity contribution in [2.45, 2.75) is 10.6 Å². The number of nitro groups is 1. The zero-order valence-corrected chi connectivity index (χ0v) is 8.59. The summed E-state index contributed by atoms with van der Waals surface area (Å²) >= 11 is 1.70. The molecule has 0 amide bonds. The second-order valence-corrected chi connectivity index (χ2v) is 3.03. The number of rotatable bonds is 2. The number of nitrogens with one attached hydrogen (secondary N) is 1. The second-order valence-electron chi connectivity index (χ2n) is 2.27. The van der Waals surface area contributed by atoms with Gasteiger partial charge in [0.1, 0.15) is 5.69 Å². The smallest absolute Gasteiger partial charge is 0.358 e. The quantitative estimate of drug-likeness (QED) is 0.393. The summed E-state index contributed by atoms with van der Waals surface area (Å²) in [5.41, 5.74) is -0.206. The Balaban J connectivity index is 3.20. The largest absolute Gasteiger partial charge is 0.473 e. The first-order chi connectivity index (χ1) is 6.36. The number of alkyl halides is 4. The van der Waals surface area contributed by atoms with Gasteiger partial charge >= 0.3 is 17.8 Å². The summed E-state index contributed by atoms with van der Waals surface area (Å²) in [5.74, 6) is -2.04. The maximum Gasteiger partial charge on any atom is 0.473 e. The molecule has 9 heteroatoms. The Labute approximate surface area is 89.0 Å². The third-order valence-electron chi connectivity index (χ3n) is 1.33. The van der Waals surface area contributed by atoms with E-state index in [2.05, 4.69) is 4.98 Å². The number of nitrogens with zero attached hydrogens (tertiary/aromatic N) is 2. The molecule has 0 fully saturated rings. The lowest BCUT2D eigenvalue weighted by Gasteiger charge is -1.95. The Bertz CT molecular complexity index is 362. The first-order valence-electron chi connectivity index (χ1n) is 3.22. The minimum absolute atomic E-state index is 0.0423. The van der Waals surface area contributed by atoms with E-state index >= 15 is 0 Å². The lowest BCUT2D eigenvalue weighted by molar-refractivity contribution is -0.390. The molecule has 0 aliphatic rings. The molecule has 1 aromatic rings. The SMILES string of the molecule is O=[N+]([O-])c1[nH]c(C(F)(F)F)nc1CI. The van der Waals surface area contributed by atoms with Crippen LogP contribution >= 0.6 is 22.6 Å². The van der Waals surface area contributed by atoms with E-state index < -0.39 is 22.7 Å². The Morgan fingerprint density at radius 2 is 2.14 bits per heavy atom. The molecule has 0 saturated heterocycles. The molecule has 0 aliphatic heterocycles. The first-order valence-corrected chi connectivity index (χ1v) is 4.75. The standard InChI is InChI=1S/C5H3F3IN3O2/c6-5(7,8)4-10-2(1-9)3(11-4)12(13)14/h1H2,(H,10,11). The second kappa shape index (κ2) is 3.71. The fourth-order valence-corrected chi connectivity index (χ4v) is 1.31. The predicted molar refractivity (Wildman–Crippen MR) is 48.0 cm³/mol. The molecule has 1 N–H and O–H groups in total. The van der Waals surface area contributed by atoms with Gasteiger partial charge in [-0.3, -0.25) is 0 Å². The van der Waals surface area contributed by atoms with Gasteiger partial charge in [0.2, 0.25) is 0 Å². The highest BCUT2D eigenvalue weighted by Gasteiger charge is 2.40. The molecule has 1 aromatic heterocycles. The molecule has 0 radical (unpaired) electrons. The van der Waals surface area contributed by atoms with E-state index in [-0.39, 0.29) is 10.1 Å². The number of halogens is 4. The third kappa shape index (κ3) is 2.13. The van der Waals surface area contributed by atoms with Crippen LogP contribution in [0.5, 0.6) is 0 Å². The number of aromatic nitrogens is 2. The lowest BCUT2D eigenvalue weighted by atomic mass is 10.5. The molecule has 14 heavy (non-hydrogen) atoms. The van der Waals surface area contributed by atoms with Crippen LogP contribution in [0.25, 0.3) is 0 Å². The average molecular weight is 321 g/mol. The van der Waals surface area contributed by atoms with E-state index in [1.54, 1.807) is 27.6 Å². The van der Waals surface area contributed by atoms with Crippen LogP contribution < -0.4 is 0 Å². The maximum atomic E-state index is 12.1. The van der Waals surface area contributed by atoms with E-state index in [1.807, 2.05) is 0 Å². The van der Waals surface area contributed by atoms with Gasteiger partial charge in [-0.25, -0.2) is 9.97 Å². The highest BCUT2D eigenvalue weighted by molar-refractivity contribution is 14.1. The van der Waals surface area contributed by atoms with Crippen LogP contribution in [0.2, 0.25) is 0 Å². The molecule has 0 saturated carbocycles. The fraction of sp³-hybridized carbons (Fsp3) is 0.400. The third-order valence-corrected chi connectivity index (χ3v) is 2.06. The summed E-state index contributed by atoms with van der Waals surface area (Å²) in [7, 11) is 0. The molecule has 0 aliphatic carbocycles. The highest BCUT2D eigenvalue weighted by Crippen LogP contribution is 2.30. The summed E-state index contributed by atoms with van der Waals surface area (Å²) in [5, 5.41) is 10.3. The molecule has 78 valence electrons. The molecule has 1 rings (SSSR count). The van der Waals surface area contributed by atoms with Crippen molar-refractivity contribution in [1.82, 2.24) is 9.97 Å². The summed E-state index contributed by atoms with van der Waals surface area (Å²) in [6, 6.07) is 0. The molecule has 5 nitrogen and oxygen atoms in total. The Morgan fingerprint density at radius 3 is 2.43 bits per heavy atom. The highest BCUT2D eigenvalue weighted by atomic mass is 127. The minimum atomic E-state index is -4.69. The predicted octanol–water partition coefficient (Wildman–Crippen LogP) is 2.27. The van der Waals surface area contributed by atoms with Crippen LogP contribution in [0.1, 0.15) is 11.5 Å². The average Bonchev–Trinajstić information content (AvgIpc) is 2.45. The summed E-state index contributed by atoms with van der Waals surface area (Å²) in [4.78, 5) is 14.1. The molecular formula is C5H3F3IN3O2. The van der Waals surface area contributed by atoms with Crippen molar-refractivity contribution < 1.29 is 18.1 Å². The van der Waals surface area contributed by atoms with Crippen molar-refractivity contribution in [3.8, 4) is 0 Å². The Kier molecular flexibility index (Phi) is 2.97. The normalized spacial score (nSPS) is 11.7. The fourth-order valence-electron chi connectivity index (χ4n) is 0.779. The van der Waals surface area contributed by atoms with Crippen molar-refractivity contribution in [2.24, 2.45) is 0 Å². The van der Waals surface area contributed by atoms with E-state index in [1.165, 1.54) is 0 Å². The summed E-state index contributed by atoms with van der Waals surface area (Å²) in [6.07, 6.45) is -4.69. The number of hydrogen-bond acceptors (Lipinski definition) is 3. The van der Waals surface area contributed by atoms with Gasteiger partial charge < -0.3 is 10.1 Å². The van der Waals surface area contributed by atoms with Crippen molar-refractivity contribution in [3.63, 3.8) is 0 Å². The van der Waals surface area contributed by atoms with Crippen LogP contribution in [-0.2, 0) is 10.6 Å². The van der Waals surface area contributed by atoms with Crippen LogP contribution in [0.3, 0.4) is 0 Å². The van der Waals surface area contributed by atoms with Crippen molar-refractivity contribution >= 4 is 28.4 Å². The number of hydrogen-bond donors (Lipinski definition) is 1. The van der Waals surface area contributed by atoms with Crippen LogP contribution in [0, 0.1) is 10.1 Å². The van der Waals surface area contributed by atoms with Gasteiger partial charge in [-0.1, -0.05) is 22.6 Å². The molecule has 0 spiro atoms.